The van der Waals surface area contributed by atoms with Gasteiger partial charge in [-0.25, -0.2) is 8.78 Å². The summed E-state index contributed by atoms with van der Waals surface area (Å²) in [6.45, 7) is -1.43. The number of carbonyl (C=O) groups is 1. The highest BCUT2D eigenvalue weighted by atomic mass is 32.2. The molecule has 0 radical (unpaired) electrons. The van der Waals surface area contributed by atoms with Crippen molar-refractivity contribution in [2.24, 2.45) is 0 Å². The normalized spacial score (nSPS) is 11.4. The SMILES string of the molecule is O=C(CSc1ccc(F)cc1F)NCC(F)(F)F. The smallest absolute Gasteiger partial charge is 0.346 e. The molecule has 18 heavy (non-hydrogen) atoms. The van der Waals surface area contributed by atoms with Crippen molar-refractivity contribution < 1.29 is 26.7 Å². The van der Waals surface area contributed by atoms with Gasteiger partial charge < -0.3 is 5.32 Å². The molecular weight excluding hydrogens is 277 g/mol. The standard InChI is InChI=1S/C10H8F5NOS/c11-6-1-2-8(7(12)3-6)18-4-9(17)16-5-10(13,14)15/h1-3H,4-5H2,(H,16,17). The number of alkyl halides is 3. The van der Waals surface area contributed by atoms with E-state index in [9.17, 15) is 26.7 Å². The molecule has 1 aromatic rings. The maximum absolute atomic E-state index is 13.1. The van der Waals surface area contributed by atoms with Gasteiger partial charge in [-0.3, -0.25) is 4.79 Å². The lowest BCUT2D eigenvalue weighted by Gasteiger charge is -2.08. The van der Waals surface area contributed by atoms with E-state index in [0.717, 1.165) is 12.1 Å². The number of amides is 1. The summed E-state index contributed by atoms with van der Waals surface area (Å²) in [4.78, 5) is 11.0. The first-order valence-corrected chi connectivity index (χ1v) is 5.68. The number of rotatable bonds is 4. The average Bonchev–Trinajstić information content (AvgIpc) is 2.24. The highest BCUT2D eigenvalue weighted by molar-refractivity contribution is 8.00. The van der Waals surface area contributed by atoms with Gasteiger partial charge in [0.05, 0.1) is 5.75 Å². The summed E-state index contributed by atoms with van der Waals surface area (Å²) in [5, 5.41) is 1.64. The molecule has 0 aliphatic carbocycles. The Morgan fingerprint density at radius 3 is 2.50 bits per heavy atom. The third-order valence-corrected chi connectivity index (χ3v) is 2.79. The number of benzene rings is 1. The van der Waals surface area contributed by atoms with Crippen LogP contribution in [0.15, 0.2) is 23.1 Å². The van der Waals surface area contributed by atoms with Gasteiger partial charge in [-0.05, 0) is 12.1 Å². The minimum absolute atomic E-state index is 0.00133. The van der Waals surface area contributed by atoms with E-state index in [-0.39, 0.29) is 10.6 Å². The first kappa shape index (κ1) is 14.7. The Morgan fingerprint density at radius 1 is 1.28 bits per heavy atom. The van der Waals surface area contributed by atoms with Gasteiger partial charge in [-0.15, -0.1) is 11.8 Å². The van der Waals surface area contributed by atoms with Crippen LogP contribution < -0.4 is 5.32 Å². The van der Waals surface area contributed by atoms with Crippen molar-refractivity contribution in [1.29, 1.82) is 0 Å². The van der Waals surface area contributed by atoms with Crippen molar-refractivity contribution in [3.8, 4) is 0 Å². The quantitative estimate of drug-likeness (QED) is 0.681. The van der Waals surface area contributed by atoms with E-state index in [2.05, 4.69) is 0 Å². The predicted octanol–water partition coefficient (Wildman–Crippen LogP) is 2.74. The van der Waals surface area contributed by atoms with E-state index in [0.29, 0.717) is 17.8 Å². The van der Waals surface area contributed by atoms with Crippen LogP contribution in [0.2, 0.25) is 0 Å². The van der Waals surface area contributed by atoms with Crippen molar-refractivity contribution in [1.82, 2.24) is 5.32 Å². The van der Waals surface area contributed by atoms with Gasteiger partial charge >= 0.3 is 6.18 Å². The monoisotopic (exact) mass is 285 g/mol. The molecule has 0 atom stereocenters. The summed E-state index contributed by atoms with van der Waals surface area (Å²) in [5.74, 6) is -2.87. The number of hydrogen-bond donors (Lipinski definition) is 1. The van der Waals surface area contributed by atoms with E-state index in [1.54, 1.807) is 5.32 Å². The minimum atomic E-state index is -4.48. The molecule has 0 aliphatic heterocycles. The zero-order valence-electron chi connectivity index (χ0n) is 8.85. The molecule has 0 saturated carbocycles. The molecule has 8 heteroatoms. The largest absolute Gasteiger partial charge is 0.405 e. The molecule has 2 nitrogen and oxygen atoms in total. The number of hydrogen-bond acceptors (Lipinski definition) is 2. The molecule has 1 amide bonds. The van der Waals surface area contributed by atoms with Gasteiger partial charge in [0, 0.05) is 11.0 Å². The fourth-order valence-electron chi connectivity index (χ4n) is 0.985. The summed E-state index contributed by atoms with van der Waals surface area (Å²) in [7, 11) is 0. The van der Waals surface area contributed by atoms with Gasteiger partial charge in [0.1, 0.15) is 18.2 Å². The van der Waals surface area contributed by atoms with Crippen molar-refractivity contribution in [2.45, 2.75) is 11.1 Å². The van der Waals surface area contributed by atoms with Crippen LogP contribution in [0.1, 0.15) is 0 Å². The minimum Gasteiger partial charge on any atom is -0.346 e. The van der Waals surface area contributed by atoms with Gasteiger partial charge in [0.25, 0.3) is 0 Å². The van der Waals surface area contributed by atoms with E-state index in [1.807, 2.05) is 0 Å². The molecule has 1 N–H and O–H groups in total. The van der Waals surface area contributed by atoms with Gasteiger partial charge in [0.15, 0.2) is 0 Å². The molecule has 0 bridgehead atoms. The Labute approximate surface area is 104 Å². The van der Waals surface area contributed by atoms with E-state index in [1.165, 1.54) is 0 Å². The lowest BCUT2D eigenvalue weighted by molar-refractivity contribution is -0.136. The molecule has 1 rings (SSSR count). The fraction of sp³-hybridized carbons (Fsp3) is 0.300. The number of thioether (sulfide) groups is 1. The zero-order chi connectivity index (χ0) is 13.8. The van der Waals surface area contributed by atoms with Gasteiger partial charge in [-0.1, -0.05) is 0 Å². The summed E-state index contributed by atoms with van der Waals surface area (Å²) in [6.07, 6.45) is -4.48. The summed E-state index contributed by atoms with van der Waals surface area (Å²) in [6, 6.07) is 2.75. The van der Waals surface area contributed by atoms with Crippen LogP contribution in [-0.4, -0.2) is 24.4 Å². The van der Waals surface area contributed by atoms with E-state index >= 15 is 0 Å². The van der Waals surface area contributed by atoms with Crippen LogP contribution in [0.25, 0.3) is 0 Å². The van der Waals surface area contributed by atoms with Crippen LogP contribution in [0, 0.1) is 11.6 Å². The first-order valence-electron chi connectivity index (χ1n) is 4.69. The maximum atomic E-state index is 13.1. The zero-order valence-corrected chi connectivity index (χ0v) is 9.67. The molecule has 0 saturated heterocycles. The van der Waals surface area contributed by atoms with Crippen molar-refractivity contribution in [3.63, 3.8) is 0 Å². The van der Waals surface area contributed by atoms with Crippen molar-refractivity contribution >= 4 is 17.7 Å². The number of carbonyl (C=O) groups excluding carboxylic acids is 1. The Hall–Kier alpha value is -1.31. The lowest BCUT2D eigenvalue weighted by Crippen LogP contribution is -2.34. The Balaban J connectivity index is 2.43. The molecular formula is C10H8F5NOS. The lowest BCUT2D eigenvalue weighted by atomic mass is 10.3. The van der Waals surface area contributed by atoms with Crippen LogP contribution in [0.3, 0.4) is 0 Å². The summed E-state index contributed by atoms with van der Waals surface area (Å²) < 4.78 is 60.9. The molecule has 0 spiro atoms. The molecule has 1 aromatic carbocycles. The molecule has 0 aromatic heterocycles. The van der Waals surface area contributed by atoms with Crippen molar-refractivity contribution in [3.05, 3.63) is 29.8 Å². The number of nitrogens with one attached hydrogen (secondary N) is 1. The number of halogens is 5. The highest BCUT2D eigenvalue weighted by Gasteiger charge is 2.27. The first-order chi connectivity index (χ1) is 8.28. The maximum Gasteiger partial charge on any atom is 0.405 e. The molecule has 0 aliphatic rings. The van der Waals surface area contributed by atoms with Gasteiger partial charge in [0.2, 0.25) is 5.91 Å². The third kappa shape index (κ3) is 5.35. The second kappa shape index (κ2) is 6.03. The van der Waals surface area contributed by atoms with Crippen LogP contribution >= 0.6 is 11.8 Å². The fourth-order valence-corrected chi connectivity index (χ4v) is 1.74. The Morgan fingerprint density at radius 2 is 1.94 bits per heavy atom. The Kier molecular flexibility index (Phi) is 4.94. The van der Waals surface area contributed by atoms with E-state index < -0.39 is 30.3 Å². The average molecular weight is 285 g/mol. The summed E-state index contributed by atoms with van der Waals surface area (Å²) in [5.41, 5.74) is 0. The van der Waals surface area contributed by atoms with Crippen LogP contribution in [-0.2, 0) is 4.79 Å². The second-order valence-electron chi connectivity index (χ2n) is 3.26. The van der Waals surface area contributed by atoms with Crippen LogP contribution in [0.4, 0.5) is 22.0 Å². The van der Waals surface area contributed by atoms with Crippen LogP contribution in [0.5, 0.6) is 0 Å². The predicted molar refractivity (Wildman–Crippen MR) is 56.1 cm³/mol. The summed E-state index contributed by atoms with van der Waals surface area (Å²) >= 11 is 0.693. The molecule has 100 valence electrons. The van der Waals surface area contributed by atoms with E-state index in [4.69, 9.17) is 0 Å². The van der Waals surface area contributed by atoms with Gasteiger partial charge in [-0.2, -0.15) is 13.2 Å². The van der Waals surface area contributed by atoms with Crippen molar-refractivity contribution in [2.75, 3.05) is 12.3 Å². The second-order valence-corrected chi connectivity index (χ2v) is 4.27. The topological polar surface area (TPSA) is 29.1 Å². The highest BCUT2D eigenvalue weighted by Crippen LogP contribution is 2.22. The molecule has 0 heterocycles. The molecule has 0 fully saturated rings. The third-order valence-electron chi connectivity index (χ3n) is 1.74. The Bertz CT molecular complexity index is 435. The molecule has 0 unspecified atom stereocenters.